The van der Waals surface area contributed by atoms with Crippen LogP contribution in [-0.4, -0.2) is 21.6 Å². The zero-order chi connectivity index (χ0) is 11.6. The Bertz CT molecular complexity index is 360. The van der Waals surface area contributed by atoms with Crippen LogP contribution in [0, 0.1) is 5.92 Å². The van der Waals surface area contributed by atoms with Crippen molar-refractivity contribution in [2.45, 2.75) is 33.4 Å². The van der Waals surface area contributed by atoms with Crippen LogP contribution in [0.25, 0.3) is 0 Å². The Morgan fingerprint density at radius 2 is 2.27 bits per heavy atom. The fourth-order valence-electron chi connectivity index (χ4n) is 1.31. The van der Waals surface area contributed by atoms with Crippen molar-refractivity contribution < 1.29 is 4.79 Å². The summed E-state index contributed by atoms with van der Waals surface area (Å²) in [6.45, 7) is 6.33. The molecule has 4 nitrogen and oxygen atoms in total. The zero-order valence-electron chi connectivity index (χ0n) is 9.20. The second-order valence-corrected chi connectivity index (χ2v) is 4.20. The predicted octanol–water partition coefficient (Wildman–Crippen LogP) is 1.72. The van der Waals surface area contributed by atoms with Crippen molar-refractivity contribution in [1.82, 2.24) is 9.78 Å². The van der Waals surface area contributed by atoms with E-state index in [9.17, 15) is 4.79 Å². The minimum Gasteiger partial charge on any atom is -0.321 e. The summed E-state index contributed by atoms with van der Waals surface area (Å²) >= 11 is 5.91. The third-order valence-corrected chi connectivity index (χ3v) is 2.63. The quantitative estimate of drug-likeness (QED) is 0.800. The van der Waals surface area contributed by atoms with Crippen LogP contribution in [0.3, 0.4) is 0 Å². The number of Topliss-reactive ketones (excluding diaryl/α,β-unsaturated/α-hetero) is 1. The largest absolute Gasteiger partial charge is 0.321 e. The molecule has 2 N–H and O–H groups in total. The second-order valence-electron chi connectivity index (χ2n) is 3.79. The number of hydrogen-bond acceptors (Lipinski definition) is 3. The van der Waals surface area contributed by atoms with Gasteiger partial charge in [-0.3, -0.25) is 9.48 Å². The van der Waals surface area contributed by atoms with E-state index in [-0.39, 0.29) is 11.7 Å². The summed E-state index contributed by atoms with van der Waals surface area (Å²) in [5.74, 6) is -0.0527. The van der Waals surface area contributed by atoms with E-state index < -0.39 is 6.04 Å². The first kappa shape index (κ1) is 12.2. The SMILES string of the molecule is CCn1ncc(Cl)c1C(=O)C(N)C(C)C. The zero-order valence-corrected chi connectivity index (χ0v) is 9.95. The molecule has 0 saturated heterocycles. The number of aromatic nitrogens is 2. The summed E-state index contributed by atoms with van der Waals surface area (Å²) in [5, 5.41) is 4.38. The molecule has 1 rings (SSSR count). The van der Waals surface area contributed by atoms with Crippen molar-refractivity contribution in [2.24, 2.45) is 11.7 Å². The van der Waals surface area contributed by atoms with Crippen molar-refractivity contribution >= 4 is 17.4 Å². The Kier molecular flexibility index (Phi) is 3.88. The van der Waals surface area contributed by atoms with E-state index in [1.54, 1.807) is 4.68 Å². The molecule has 0 aliphatic heterocycles. The normalized spacial score (nSPS) is 13.2. The Morgan fingerprint density at radius 3 is 2.73 bits per heavy atom. The van der Waals surface area contributed by atoms with E-state index >= 15 is 0 Å². The van der Waals surface area contributed by atoms with Gasteiger partial charge in [0.2, 0.25) is 0 Å². The lowest BCUT2D eigenvalue weighted by Crippen LogP contribution is -2.36. The van der Waals surface area contributed by atoms with Gasteiger partial charge < -0.3 is 5.73 Å². The van der Waals surface area contributed by atoms with Crippen LogP contribution >= 0.6 is 11.6 Å². The predicted molar refractivity (Wildman–Crippen MR) is 60.1 cm³/mol. The molecule has 0 bridgehead atoms. The molecule has 0 aliphatic carbocycles. The van der Waals surface area contributed by atoms with Crippen LogP contribution in [0.5, 0.6) is 0 Å². The van der Waals surface area contributed by atoms with Gasteiger partial charge in [0.05, 0.1) is 17.3 Å². The lowest BCUT2D eigenvalue weighted by Gasteiger charge is -2.14. The number of carbonyl (C=O) groups is 1. The highest BCUT2D eigenvalue weighted by Crippen LogP contribution is 2.18. The molecule has 15 heavy (non-hydrogen) atoms. The molecule has 1 unspecified atom stereocenters. The Balaban J connectivity index is 3.04. The molecule has 0 fully saturated rings. The van der Waals surface area contributed by atoms with Gasteiger partial charge in [-0.25, -0.2) is 0 Å². The minimum absolute atomic E-state index is 0.0915. The summed E-state index contributed by atoms with van der Waals surface area (Å²) in [6, 6.07) is -0.524. The van der Waals surface area contributed by atoms with Gasteiger partial charge in [0, 0.05) is 6.54 Å². The van der Waals surface area contributed by atoms with Gasteiger partial charge in [-0.15, -0.1) is 0 Å². The fourth-order valence-corrected chi connectivity index (χ4v) is 1.54. The van der Waals surface area contributed by atoms with Crippen molar-refractivity contribution in [2.75, 3.05) is 0 Å². The summed E-state index contributed by atoms with van der Waals surface area (Å²) in [6.07, 6.45) is 1.48. The lowest BCUT2D eigenvalue weighted by molar-refractivity contribution is 0.0930. The summed E-state index contributed by atoms with van der Waals surface area (Å²) in [4.78, 5) is 12.0. The molecule has 1 aromatic rings. The van der Waals surface area contributed by atoms with Gasteiger partial charge in [0.1, 0.15) is 5.69 Å². The van der Waals surface area contributed by atoms with Crippen molar-refractivity contribution in [1.29, 1.82) is 0 Å². The first-order valence-electron chi connectivity index (χ1n) is 5.00. The van der Waals surface area contributed by atoms with Crippen molar-refractivity contribution in [3.05, 3.63) is 16.9 Å². The molecule has 0 aliphatic rings. The number of ketones is 1. The molecule has 1 atom stereocenters. The second kappa shape index (κ2) is 4.77. The number of nitrogens with two attached hydrogens (primary N) is 1. The van der Waals surface area contributed by atoms with Crippen LogP contribution in [0.1, 0.15) is 31.3 Å². The van der Waals surface area contributed by atoms with E-state index in [0.29, 0.717) is 17.3 Å². The molecular weight excluding hydrogens is 214 g/mol. The number of hydrogen-bond donors (Lipinski definition) is 1. The average Bonchev–Trinajstić information content (AvgIpc) is 2.57. The minimum atomic E-state index is -0.524. The number of nitrogens with zero attached hydrogens (tertiary/aromatic N) is 2. The molecule has 1 heterocycles. The molecule has 0 amide bonds. The summed E-state index contributed by atoms with van der Waals surface area (Å²) in [7, 11) is 0. The van der Waals surface area contributed by atoms with E-state index in [0.717, 1.165) is 0 Å². The molecule has 0 aromatic carbocycles. The molecule has 84 valence electrons. The van der Waals surface area contributed by atoms with Gasteiger partial charge in [0.15, 0.2) is 5.78 Å². The highest BCUT2D eigenvalue weighted by Gasteiger charge is 2.24. The van der Waals surface area contributed by atoms with Crippen LogP contribution in [-0.2, 0) is 6.54 Å². The highest BCUT2D eigenvalue weighted by molar-refractivity contribution is 6.33. The Labute approximate surface area is 94.4 Å². The standard InChI is InChI=1S/C10H16ClN3O/c1-4-14-9(7(11)5-13-14)10(15)8(12)6(2)3/h5-6,8H,4,12H2,1-3H3. The topological polar surface area (TPSA) is 60.9 Å². The number of carbonyl (C=O) groups excluding carboxylic acids is 1. The van der Waals surface area contributed by atoms with Crippen molar-refractivity contribution in [3.8, 4) is 0 Å². The first-order chi connectivity index (χ1) is 6.99. The van der Waals surface area contributed by atoms with Gasteiger partial charge >= 0.3 is 0 Å². The highest BCUT2D eigenvalue weighted by atomic mass is 35.5. The monoisotopic (exact) mass is 229 g/mol. The fraction of sp³-hybridized carbons (Fsp3) is 0.600. The van der Waals surface area contributed by atoms with Gasteiger partial charge in [0.25, 0.3) is 0 Å². The van der Waals surface area contributed by atoms with Crippen molar-refractivity contribution in [3.63, 3.8) is 0 Å². The Morgan fingerprint density at radius 1 is 1.67 bits per heavy atom. The third kappa shape index (κ3) is 2.38. The number of rotatable bonds is 4. The van der Waals surface area contributed by atoms with Gasteiger partial charge in [-0.1, -0.05) is 25.4 Å². The van der Waals surface area contributed by atoms with Gasteiger partial charge in [-0.2, -0.15) is 5.10 Å². The summed E-state index contributed by atoms with van der Waals surface area (Å²) < 4.78 is 1.58. The van der Waals surface area contributed by atoms with Crippen LogP contribution < -0.4 is 5.73 Å². The maximum Gasteiger partial charge on any atom is 0.199 e. The van der Waals surface area contributed by atoms with E-state index in [2.05, 4.69) is 5.10 Å². The molecular formula is C10H16ClN3O. The number of aryl methyl sites for hydroxylation is 1. The summed E-state index contributed by atoms with van der Waals surface area (Å²) in [5.41, 5.74) is 6.21. The smallest absolute Gasteiger partial charge is 0.199 e. The molecule has 0 radical (unpaired) electrons. The number of halogens is 1. The third-order valence-electron chi connectivity index (χ3n) is 2.35. The van der Waals surface area contributed by atoms with Crippen LogP contribution in [0.4, 0.5) is 0 Å². The lowest BCUT2D eigenvalue weighted by atomic mass is 9.99. The molecule has 5 heteroatoms. The Hall–Kier alpha value is -0.870. The van der Waals surface area contributed by atoms with Gasteiger partial charge in [-0.05, 0) is 12.8 Å². The first-order valence-corrected chi connectivity index (χ1v) is 5.37. The van der Waals surface area contributed by atoms with Crippen LogP contribution in [0.2, 0.25) is 5.02 Å². The van der Waals surface area contributed by atoms with E-state index in [1.807, 2.05) is 20.8 Å². The maximum atomic E-state index is 12.0. The average molecular weight is 230 g/mol. The molecule has 0 spiro atoms. The molecule has 0 saturated carbocycles. The van der Waals surface area contributed by atoms with E-state index in [4.69, 9.17) is 17.3 Å². The van der Waals surface area contributed by atoms with Crippen LogP contribution in [0.15, 0.2) is 6.20 Å². The molecule has 1 aromatic heterocycles. The maximum absolute atomic E-state index is 12.0. The van der Waals surface area contributed by atoms with E-state index in [1.165, 1.54) is 6.20 Å².